The van der Waals surface area contributed by atoms with Crippen LogP contribution in [-0.2, 0) is 16.1 Å². The summed E-state index contributed by atoms with van der Waals surface area (Å²) in [5, 5.41) is 0.520. The number of benzene rings is 3. The van der Waals surface area contributed by atoms with Crippen LogP contribution in [0.1, 0.15) is 34.7 Å². The van der Waals surface area contributed by atoms with Crippen molar-refractivity contribution >= 4 is 34.7 Å². The molecule has 0 bridgehead atoms. The maximum atomic E-state index is 13.8. The molecule has 0 saturated carbocycles. The maximum absolute atomic E-state index is 13.8. The van der Waals surface area contributed by atoms with Gasteiger partial charge in [-0.2, -0.15) is 0 Å². The molecule has 0 atom stereocenters. The fraction of sp³-hybridized carbons (Fsp3) is 0.214. The fourth-order valence-electron chi connectivity index (χ4n) is 4.26. The molecule has 33 heavy (non-hydrogen) atoms. The molecule has 0 fully saturated rings. The highest BCUT2D eigenvalue weighted by molar-refractivity contribution is 6.45. The molecule has 1 heterocycles. The predicted molar refractivity (Wildman–Crippen MR) is 134 cm³/mol. The number of aryl methyl sites for hydroxylation is 3. The molecule has 3 aromatic rings. The van der Waals surface area contributed by atoms with Crippen LogP contribution in [0.3, 0.4) is 0 Å². The first-order valence-electron chi connectivity index (χ1n) is 11.1. The lowest BCUT2D eigenvalue weighted by Gasteiger charge is -2.25. The minimum Gasteiger partial charge on any atom is -0.362 e. The molecule has 168 valence electrons. The maximum Gasteiger partial charge on any atom is 0.282 e. The van der Waals surface area contributed by atoms with Crippen molar-refractivity contribution in [2.45, 2.75) is 34.2 Å². The summed E-state index contributed by atoms with van der Waals surface area (Å²) in [6, 6.07) is 21.2. The Morgan fingerprint density at radius 1 is 0.848 bits per heavy atom. The van der Waals surface area contributed by atoms with Crippen LogP contribution in [0.4, 0.5) is 5.69 Å². The molecule has 2 amide bonds. The van der Waals surface area contributed by atoms with Gasteiger partial charge >= 0.3 is 0 Å². The van der Waals surface area contributed by atoms with Gasteiger partial charge in [0, 0.05) is 18.1 Å². The van der Waals surface area contributed by atoms with E-state index in [0.29, 0.717) is 35.1 Å². The summed E-state index contributed by atoms with van der Waals surface area (Å²) in [5.41, 5.74) is 6.15. The first kappa shape index (κ1) is 22.8. The second-order valence-electron chi connectivity index (χ2n) is 8.42. The van der Waals surface area contributed by atoms with E-state index in [4.69, 9.17) is 11.6 Å². The molecule has 1 aliphatic heterocycles. The van der Waals surface area contributed by atoms with Crippen LogP contribution in [0.25, 0.3) is 5.57 Å². The highest BCUT2D eigenvalue weighted by Crippen LogP contribution is 2.37. The number of amides is 2. The number of hydrogen-bond acceptors (Lipinski definition) is 3. The van der Waals surface area contributed by atoms with Crippen LogP contribution >= 0.6 is 11.6 Å². The third kappa shape index (κ3) is 4.31. The number of carbonyl (C=O) groups is 2. The summed E-state index contributed by atoms with van der Waals surface area (Å²) in [4.78, 5) is 30.9. The highest BCUT2D eigenvalue weighted by atomic mass is 35.5. The van der Waals surface area contributed by atoms with Crippen molar-refractivity contribution < 1.29 is 9.59 Å². The number of halogens is 1. The number of likely N-dealkylation sites (N-methyl/N-ethyl adjacent to an activating group) is 1. The molecule has 0 aliphatic carbocycles. The standard InChI is InChI=1S/C28H27ClN2O2/c1-5-30(17-21-9-7-6-8-10-21)26-25(23-14-11-18(2)15-20(23)4)27(32)31(28(26)33)22-13-12-19(3)24(29)16-22/h6-16H,5,17H2,1-4H3. The van der Waals surface area contributed by atoms with E-state index < -0.39 is 0 Å². The van der Waals surface area contributed by atoms with Gasteiger partial charge in [0.25, 0.3) is 11.8 Å². The van der Waals surface area contributed by atoms with E-state index in [-0.39, 0.29) is 11.8 Å². The van der Waals surface area contributed by atoms with Gasteiger partial charge in [-0.05, 0) is 62.1 Å². The Morgan fingerprint density at radius 3 is 2.21 bits per heavy atom. The van der Waals surface area contributed by atoms with Crippen LogP contribution in [0.2, 0.25) is 5.02 Å². The third-order valence-corrected chi connectivity index (χ3v) is 6.45. The average molecular weight is 459 g/mol. The summed E-state index contributed by atoms with van der Waals surface area (Å²) in [7, 11) is 0. The summed E-state index contributed by atoms with van der Waals surface area (Å²) < 4.78 is 0. The summed E-state index contributed by atoms with van der Waals surface area (Å²) in [6.07, 6.45) is 0. The van der Waals surface area contributed by atoms with Crippen molar-refractivity contribution in [3.05, 3.63) is 105 Å². The predicted octanol–water partition coefficient (Wildman–Crippen LogP) is 6.07. The van der Waals surface area contributed by atoms with E-state index in [1.165, 1.54) is 4.90 Å². The molecule has 4 nitrogen and oxygen atoms in total. The normalized spacial score (nSPS) is 13.8. The fourth-order valence-corrected chi connectivity index (χ4v) is 4.43. The van der Waals surface area contributed by atoms with Crippen molar-refractivity contribution in [2.24, 2.45) is 0 Å². The zero-order valence-corrected chi connectivity index (χ0v) is 20.1. The van der Waals surface area contributed by atoms with Gasteiger partial charge in [0.2, 0.25) is 0 Å². The van der Waals surface area contributed by atoms with Crippen LogP contribution in [0.15, 0.2) is 72.4 Å². The number of anilines is 1. The second-order valence-corrected chi connectivity index (χ2v) is 8.83. The Kier molecular flexibility index (Phi) is 6.39. The SMILES string of the molecule is CCN(Cc1ccccc1)C1=C(c2ccc(C)cc2C)C(=O)N(c2ccc(C)c(Cl)c2)C1=O. The first-order valence-corrected chi connectivity index (χ1v) is 11.4. The molecule has 0 radical (unpaired) electrons. The molecular formula is C28H27ClN2O2. The van der Waals surface area contributed by atoms with Crippen LogP contribution in [-0.4, -0.2) is 23.3 Å². The first-order chi connectivity index (χ1) is 15.8. The topological polar surface area (TPSA) is 40.6 Å². The molecule has 0 spiro atoms. The molecule has 0 aromatic heterocycles. The smallest absolute Gasteiger partial charge is 0.282 e. The lowest BCUT2D eigenvalue weighted by molar-refractivity contribution is -0.120. The van der Waals surface area contributed by atoms with Gasteiger partial charge in [0.1, 0.15) is 5.70 Å². The zero-order chi connectivity index (χ0) is 23.7. The summed E-state index contributed by atoms with van der Waals surface area (Å²) >= 11 is 6.34. The molecule has 0 unspecified atom stereocenters. The van der Waals surface area contributed by atoms with E-state index in [1.54, 1.807) is 12.1 Å². The number of rotatable bonds is 6. The highest BCUT2D eigenvalue weighted by Gasteiger charge is 2.42. The minimum absolute atomic E-state index is 0.326. The van der Waals surface area contributed by atoms with Crippen LogP contribution < -0.4 is 4.90 Å². The van der Waals surface area contributed by atoms with Crippen LogP contribution in [0.5, 0.6) is 0 Å². The van der Waals surface area contributed by atoms with E-state index >= 15 is 0 Å². The monoisotopic (exact) mass is 458 g/mol. The van der Waals surface area contributed by atoms with E-state index in [1.807, 2.05) is 87.2 Å². The molecule has 0 N–H and O–H groups in total. The van der Waals surface area contributed by atoms with Crippen LogP contribution in [0, 0.1) is 20.8 Å². The number of carbonyl (C=O) groups excluding carboxylic acids is 2. The van der Waals surface area contributed by atoms with Gasteiger partial charge in [-0.1, -0.05) is 71.8 Å². The van der Waals surface area contributed by atoms with Crippen molar-refractivity contribution in [2.75, 3.05) is 11.4 Å². The Bertz CT molecular complexity index is 1260. The third-order valence-electron chi connectivity index (χ3n) is 6.04. The van der Waals surface area contributed by atoms with Crippen molar-refractivity contribution in [3.63, 3.8) is 0 Å². The van der Waals surface area contributed by atoms with Crippen molar-refractivity contribution in [1.29, 1.82) is 0 Å². The molecular weight excluding hydrogens is 432 g/mol. The summed E-state index contributed by atoms with van der Waals surface area (Å²) in [5.74, 6) is -0.652. The second kappa shape index (κ2) is 9.24. The summed E-state index contributed by atoms with van der Waals surface area (Å²) in [6.45, 7) is 9.00. The van der Waals surface area contributed by atoms with Gasteiger partial charge < -0.3 is 4.90 Å². The Labute approximate surface area is 200 Å². The Balaban J connectivity index is 1.87. The molecule has 5 heteroatoms. The van der Waals surface area contributed by atoms with Crippen molar-refractivity contribution in [1.82, 2.24) is 4.90 Å². The lowest BCUT2D eigenvalue weighted by Crippen LogP contribution is -2.35. The van der Waals surface area contributed by atoms with Gasteiger partial charge in [-0.25, -0.2) is 4.90 Å². The molecule has 1 aliphatic rings. The zero-order valence-electron chi connectivity index (χ0n) is 19.4. The van der Waals surface area contributed by atoms with Gasteiger partial charge in [0.15, 0.2) is 0 Å². The van der Waals surface area contributed by atoms with E-state index in [2.05, 4.69) is 0 Å². The van der Waals surface area contributed by atoms with Gasteiger partial charge in [-0.3, -0.25) is 9.59 Å². The lowest BCUT2D eigenvalue weighted by atomic mass is 9.97. The minimum atomic E-state index is -0.326. The molecule has 3 aromatic carbocycles. The van der Waals surface area contributed by atoms with Gasteiger partial charge in [0.05, 0.1) is 11.3 Å². The molecule has 0 saturated heterocycles. The van der Waals surface area contributed by atoms with Crippen molar-refractivity contribution in [3.8, 4) is 0 Å². The molecule has 4 rings (SSSR count). The van der Waals surface area contributed by atoms with E-state index in [0.717, 1.165) is 27.8 Å². The number of nitrogens with zero attached hydrogens (tertiary/aromatic N) is 2. The van der Waals surface area contributed by atoms with E-state index in [9.17, 15) is 9.59 Å². The Hall–Kier alpha value is -3.37. The van der Waals surface area contributed by atoms with Gasteiger partial charge in [-0.15, -0.1) is 0 Å². The largest absolute Gasteiger partial charge is 0.362 e. The Morgan fingerprint density at radius 2 is 1.58 bits per heavy atom. The quantitative estimate of drug-likeness (QED) is 0.421. The average Bonchev–Trinajstić information content (AvgIpc) is 3.05. The number of hydrogen-bond donors (Lipinski definition) is 0. The number of imide groups is 1.